The molecule has 20 heavy (non-hydrogen) atoms. The number of esters is 1. The van der Waals surface area contributed by atoms with Crippen LogP contribution in [0.5, 0.6) is 0 Å². The van der Waals surface area contributed by atoms with E-state index in [4.69, 9.17) is 4.74 Å². The van der Waals surface area contributed by atoms with Crippen molar-refractivity contribution in [3.63, 3.8) is 0 Å². The fourth-order valence-electron chi connectivity index (χ4n) is 2.85. The molecule has 0 fully saturated rings. The van der Waals surface area contributed by atoms with Crippen molar-refractivity contribution in [2.75, 3.05) is 0 Å². The van der Waals surface area contributed by atoms with Gasteiger partial charge in [-0.25, -0.2) is 4.79 Å². The van der Waals surface area contributed by atoms with Gasteiger partial charge >= 0.3 is 5.97 Å². The minimum absolute atomic E-state index is 0.249. The molecule has 104 valence electrons. The van der Waals surface area contributed by atoms with E-state index in [1.54, 1.807) is 0 Å². The molecule has 0 saturated heterocycles. The highest BCUT2D eigenvalue weighted by Crippen LogP contribution is 2.26. The first-order valence-corrected chi connectivity index (χ1v) is 7.17. The van der Waals surface area contributed by atoms with Gasteiger partial charge in [0, 0.05) is 5.69 Å². The molecular formula is C17H19NO2. The molecule has 0 amide bonds. The number of nitrogens with one attached hydrogen (secondary N) is 1. The molecule has 0 spiro atoms. The van der Waals surface area contributed by atoms with Crippen molar-refractivity contribution >= 4 is 5.97 Å². The maximum absolute atomic E-state index is 12.2. The second-order valence-corrected chi connectivity index (χ2v) is 5.35. The standard InChI is InChI=1S/C17H19NO2/c1-12-14-9-5-6-10-15(14)18-16(12)17(19)20-11-13-7-3-2-4-8-13/h2-4,7-8,18H,5-6,9-11H2,1H3. The van der Waals surface area contributed by atoms with E-state index in [1.807, 2.05) is 37.3 Å². The zero-order valence-electron chi connectivity index (χ0n) is 11.7. The van der Waals surface area contributed by atoms with Gasteiger partial charge in [0.2, 0.25) is 0 Å². The number of carbonyl (C=O) groups excluding carboxylic acids is 1. The summed E-state index contributed by atoms with van der Waals surface area (Å²) in [5.74, 6) is -0.249. The lowest BCUT2D eigenvalue weighted by Gasteiger charge is -2.10. The Labute approximate surface area is 119 Å². The predicted molar refractivity (Wildman–Crippen MR) is 77.7 cm³/mol. The molecule has 1 aromatic heterocycles. The molecule has 1 heterocycles. The lowest BCUT2D eigenvalue weighted by molar-refractivity contribution is 0.0465. The normalized spacial score (nSPS) is 13.8. The lowest BCUT2D eigenvalue weighted by Crippen LogP contribution is -2.07. The number of benzene rings is 1. The summed E-state index contributed by atoms with van der Waals surface area (Å²) >= 11 is 0. The monoisotopic (exact) mass is 269 g/mol. The number of ether oxygens (including phenoxy) is 1. The van der Waals surface area contributed by atoms with Crippen LogP contribution in [0.1, 0.15) is 45.7 Å². The Morgan fingerprint density at radius 1 is 1.20 bits per heavy atom. The van der Waals surface area contributed by atoms with Crippen molar-refractivity contribution in [3.8, 4) is 0 Å². The van der Waals surface area contributed by atoms with Gasteiger partial charge in [-0.3, -0.25) is 0 Å². The zero-order chi connectivity index (χ0) is 13.9. The van der Waals surface area contributed by atoms with Gasteiger partial charge in [-0.15, -0.1) is 0 Å². The van der Waals surface area contributed by atoms with Crippen LogP contribution >= 0.6 is 0 Å². The quantitative estimate of drug-likeness (QED) is 0.866. The van der Waals surface area contributed by atoms with Crippen LogP contribution in [0, 0.1) is 6.92 Å². The van der Waals surface area contributed by atoms with Crippen LogP contribution in [0.4, 0.5) is 0 Å². The van der Waals surface area contributed by atoms with E-state index in [2.05, 4.69) is 4.98 Å². The average Bonchev–Trinajstić information content (AvgIpc) is 2.84. The minimum atomic E-state index is -0.249. The highest BCUT2D eigenvalue weighted by Gasteiger charge is 2.21. The van der Waals surface area contributed by atoms with Crippen LogP contribution in [-0.2, 0) is 24.2 Å². The molecule has 0 aliphatic heterocycles. The van der Waals surface area contributed by atoms with Crippen LogP contribution in [-0.4, -0.2) is 11.0 Å². The maximum atomic E-state index is 12.2. The summed E-state index contributed by atoms with van der Waals surface area (Å²) in [6, 6.07) is 9.76. The number of aromatic amines is 1. The SMILES string of the molecule is Cc1c(C(=O)OCc2ccccc2)[nH]c2c1CCCC2. The highest BCUT2D eigenvalue weighted by atomic mass is 16.5. The minimum Gasteiger partial charge on any atom is -0.456 e. The molecule has 0 unspecified atom stereocenters. The Morgan fingerprint density at radius 2 is 1.95 bits per heavy atom. The molecule has 2 aromatic rings. The van der Waals surface area contributed by atoms with Gasteiger partial charge in [-0.05, 0) is 49.3 Å². The van der Waals surface area contributed by atoms with Crippen molar-refractivity contribution in [2.45, 2.75) is 39.2 Å². The number of H-pyrrole nitrogens is 1. The van der Waals surface area contributed by atoms with Crippen molar-refractivity contribution in [3.05, 3.63) is 58.4 Å². The first-order valence-electron chi connectivity index (χ1n) is 7.17. The summed E-state index contributed by atoms with van der Waals surface area (Å²) < 4.78 is 5.40. The third kappa shape index (κ3) is 2.48. The first kappa shape index (κ1) is 13.0. The third-order valence-electron chi connectivity index (χ3n) is 3.99. The molecule has 1 aliphatic rings. The summed E-state index contributed by atoms with van der Waals surface area (Å²) in [6.45, 7) is 2.34. The Morgan fingerprint density at radius 3 is 2.70 bits per heavy atom. The van der Waals surface area contributed by atoms with E-state index < -0.39 is 0 Å². The predicted octanol–water partition coefficient (Wildman–Crippen LogP) is 3.56. The van der Waals surface area contributed by atoms with Gasteiger partial charge in [-0.1, -0.05) is 30.3 Å². The third-order valence-corrected chi connectivity index (χ3v) is 3.99. The van der Waals surface area contributed by atoms with Crippen molar-refractivity contribution in [1.29, 1.82) is 0 Å². The van der Waals surface area contributed by atoms with E-state index in [0.29, 0.717) is 12.3 Å². The van der Waals surface area contributed by atoms with Crippen molar-refractivity contribution in [2.24, 2.45) is 0 Å². The van der Waals surface area contributed by atoms with Gasteiger partial charge < -0.3 is 9.72 Å². The Balaban J connectivity index is 1.73. The second kappa shape index (κ2) is 5.53. The van der Waals surface area contributed by atoms with E-state index in [9.17, 15) is 4.79 Å². The molecule has 0 saturated carbocycles. The van der Waals surface area contributed by atoms with Gasteiger partial charge in [-0.2, -0.15) is 0 Å². The van der Waals surface area contributed by atoms with Crippen LogP contribution in [0.3, 0.4) is 0 Å². The fraction of sp³-hybridized carbons (Fsp3) is 0.353. The molecule has 1 aromatic carbocycles. The van der Waals surface area contributed by atoms with Gasteiger partial charge in [0.05, 0.1) is 0 Å². The molecule has 3 heteroatoms. The number of fused-ring (bicyclic) bond motifs is 1. The van der Waals surface area contributed by atoms with Gasteiger partial charge in [0.25, 0.3) is 0 Å². The molecule has 3 rings (SSSR count). The first-order chi connectivity index (χ1) is 9.75. The molecule has 3 nitrogen and oxygen atoms in total. The summed E-state index contributed by atoms with van der Waals surface area (Å²) in [4.78, 5) is 15.5. The maximum Gasteiger partial charge on any atom is 0.355 e. The van der Waals surface area contributed by atoms with Crippen LogP contribution in [0.15, 0.2) is 30.3 Å². The van der Waals surface area contributed by atoms with E-state index >= 15 is 0 Å². The lowest BCUT2D eigenvalue weighted by atomic mass is 9.95. The number of carbonyl (C=O) groups is 1. The van der Waals surface area contributed by atoms with E-state index in [1.165, 1.54) is 24.1 Å². The summed E-state index contributed by atoms with van der Waals surface area (Å²) in [5.41, 5.74) is 5.25. The average molecular weight is 269 g/mol. The summed E-state index contributed by atoms with van der Waals surface area (Å²) in [7, 11) is 0. The van der Waals surface area contributed by atoms with Crippen LogP contribution in [0.25, 0.3) is 0 Å². The van der Waals surface area contributed by atoms with E-state index in [-0.39, 0.29) is 5.97 Å². The Kier molecular flexibility index (Phi) is 3.59. The Bertz CT molecular complexity index is 613. The van der Waals surface area contributed by atoms with E-state index in [0.717, 1.165) is 24.0 Å². The fourth-order valence-corrected chi connectivity index (χ4v) is 2.85. The van der Waals surface area contributed by atoms with Crippen molar-refractivity contribution < 1.29 is 9.53 Å². The zero-order valence-corrected chi connectivity index (χ0v) is 11.7. The molecular weight excluding hydrogens is 250 g/mol. The summed E-state index contributed by atoms with van der Waals surface area (Å²) in [5, 5.41) is 0. The number of aryl methyl sites for hydroxylation is 1. The highest BCUT2D eigenvalue weighted by molar-refractivity contribution is 5.89. The topological polar surface area (TPSA) is 42.1 Å². The van der Waals surface area contributed by atoms with Crippen LogP contribution < -0.4 is 0 Å². The number of rotatable bonds is 3. The largest absolute Gasteiger partial charge is 0.456 e. The molecule has 1 N–H and O–H groups in total. The number of aromatic nitrogens is 1. The second-order valence-electron chi connectivity index (χ2n) is 5.35. The summed E-state index contributed by atoms with van der Waals surface area (Å²) in [6.07, 6.45) is 4.53. The number of hydrogen-bond acceptors (Lipinski definition) is 2. The molecule has 0 atom stereocenters. The van der Waals surface area contributed by atoms with Gasteiger partial charge in [0.15, 0.2) is 0 Å². The van der Waals surface area contributed by atoms with Crippen molar-refractivity contribution in [1.82, 2.24) is 4.98 Å². The molecule has 1 aliphatic carbocycles. The van der Waals surface area contributed by atoms with Crippen LogP contribution in [0.2, 0.25) is 0 Å². The molecule has 0 bridgehead atoms. The molecule has 0 radical (unpaired) electrons. The number of hydrogen-bond donors (Lipinski definition) is 1. The van der Waals surface area contributed by atoms with Gasteiger partial charge in [0.1, 0.15) is 12.3 Å². The smallest absolute Gasteiger partial charge is 0.355 e. The Hall–Kier alpha value is -2.03.